The minimum absolute atomic E-state index is 0.0473. The second-order valence-corrected chi connectivity index (χ2v) is 26.7. The standard InChI is InChI=1S/C19H25NO4.C19H23NO3.C16H17NO3.C11H17NO3.C11H13NO3.C10H12O4.C8H8O/c1-22-17-10-9-15(18(23-2)19(17)24-3)11-12-20-13-16(21)14-7-5-4-6-8-14;1-21-17-11-15-14(18(22-2)19(17)23-3)9-10-20-12-16(15)13-7-5-4-6-8-13;18-14-8-12-11(15(19)16(14)20)6-7-17-9-13(12)10-4-2-1-3-5-10;2*1-13-9-5-4-8(6-7-12)10(14-2)11(9)15-3;1-12-8-5-4-7(6-11)9(13-2)10(8)14-3;1-2-4-7(5-3-1)8-6-9-8/h4-10,16,20-21H,11-13H2,1-3H3;4-8,11,16,20H,9-10,12H2,1-3H3;1-5,8,13,17-20H,6-7,9H2;4-5H,6-7,12H2,1-3H3;4-5H,6H2,1-3H3;4-6H,1-3H3;1-5,8H,6H2/t2*16-;13-;;;;/m100..../s1. The molecule has 0 spiro atoms. The van der Waals surface area contributed by atoms with Gasteiger partial charge in [0.15, 0.2) is 75.3 Å². The monoisotopic (exact) mass is 1650 g/mol. The fourth-order valence-electron chi connectivity index (χ4n) is 13.8. The third kappa shape index (κ3) is 25.3. The van der Waals surface area contributed by atoms with Crippen LogP contribution in [0.1, 0.15) is 95.6 Å². The van der Waals surface area contributed by atoms with E-state index in [4.69, 9.17) is 86.8 Å². The number of nitrogens with one attached hydrogen (secondary N) is 3. The van der Waals surface area contributed by atoms with E-state index >= 15 is 0 Å². The molecule has 0 amide bonds. The molecule has 0 aromatic heterocycles. The van der Waals surface area contributed by atoms with Gasteiger partial charge >= 0.3 is 0 Å². The number of phenolic OH excluding ortho intramolecular Hbond substituents is 3. The number of fused-ring (bicyclic) bond motifs is 2. The second kappa shape index (κ2) is 50.3. The van der Waals surface area contributed by atoms with Crippen LogP contribution in [0.25, 0.3) is 0 Å². The Hall–Kier alpha value is -12.5. The minimum Gasteiger partial charge on any atom is -0.504 e. The number of nitrogens with zero attached hydrogens (tertiary/aromatic N) is 1. The van der Waals surface area contributed by atoms with Crippen LogP contribution < -0.4 is 92.7 Å². The molecule has 0 aliphatic carbocycles. The zero-order chi connectivity index (χ0) is 86.9. The number of ether oxygens (including phenoxy) is 16. The second-order valence-electron chi connectivity index (χ2n) is 26.7. The van der Waals surface area contributed by atoms with Crippen molar-refractivity contribution in [2.24, 2.45) is 5.73 Å². The van der Waals surface area contributed by atoms with Gasteiger partial charge in [-0.2, -0.15) is 5.26 Å². The number of aliphatic hydroxyl groups is 1. The molecule has 1 unspecified atom stereocenters. The fourth-order valence-corrected chi connectivity index (χ4v) is 13.8. The number of aliphatic hydroxyl groups excluding tert-OH is 1. The van der Waals surface area contributed by atoms with Gasteiger partial charge in [-0.15, -0.1) is 0 Å². The molecule has 26 nitrogen and oxygen atoms in total. The number of methoxy groups -OCH3 is 15. The van der Waals surface area contributed by atoms with Gasteiger partial charge in [0.05, 0.1) is 137 Å². The molecule has 642 valence electrons. The molecule has 4 atom stereocenters. The number of hydrogen-bond acceptors (Lipinski definition) is 26. The van der Waals surface area contributed by atoms with Crippen molar-refractivity contribution in [3.05, 3.63) is 249 Å². The number of nitriles is 1. The van der Waals surface area contributed by atoms with Crippen LogP contribution >= 0.6 is 0 Å². The maximum Gasteiger partial charge on any atom is 0.204 e. The van der Waals surface area contributed by atoms with Crippen molar-refractivity contribution in [1.82, 2.24) is 16.0 Å². The van der Waals surface area contributed by atoms with E-state index in [1.54, 1.807) is 101 Å². The van der Waals surface area contributed by atoms with Crippen molar-refractivity contribution in [1.29, 1.82) is 5.26 Å². The predicted octanol–water partition coefficient (Wildman–Crippen LogP) is 13.9. The summed E-state index contributed by atoms with van der Waals surface area (Å²) in [7, 11) is 23.7. The zero-order valence-electron chi connectivity index (χ0n) is 71.2. The lowest BCUT2D eigenvalue weighted by Crippen LogP contribution is -2.23. The number of carbonyl (C=O) groups excluding carboxylic acids is 1. The van der Waals surface area contributed by atoms with E-state index in [-0.39, 0.29) is 29.8 Å². The summed E-state index contributed by atoms with van der Waals surface area (Å²) in [6, 6.07) is 60.6. The average Bonchev–Trinajstić information content (AvgIpc) is 1.39. The number of benzene rings is 10. The lowest BCUT2D eigenvalue weighted by molar-refractivity contribution is 0.111. The predicted molar refractivity (Wildman–Crippen MR) is 462 cm³/mol. The van der Waals surface area contributed by atoms with Crippen LogP contribution in [0.5, 0.6) is 103 Å². The summed E-state index contributed by atoms with van der Waals surface area (Å²) < 4.78 is 84.5. The highest BCUT2D eigenvalue weighted by Gasteiger charge is 2.30. The first kappa shape index (κ1) is 94.7. The maximum atomic E-state index is 10.7. The van der Waals surface area contributed by atoms with Crippen molar-refractivity contribution < 1.29 is 101 Å². The number of hydrogen-bond donors (Lipinski definition) is 8. The Kier molecular flexibility index (Phi) is 39.7. The molecule has 13 rings (SSSR count). The molecule has 0 bridgehead atoms. The number of carbonyl (C=O) groups is 1. The van der Waals surface area contributed by atoms with Crippen LogP contribution in [-0.2, 0) is 36.8 Å². The Labute approximate surface area is 704 Å². The molecule has 0 radical (unpaired) electrons. The molecule has 1 saturated heterocycles. The molecule has 10 aromatic carbocycles. The van der Waals surface area contributed by atoms with Crippen molar-refractivity contribution in [2.45, 2.75) is 56.1 Å². The molecule has 3 heterocycles. The van der Waals surface area contributed by atoms with Gasteiger partial charge in [0.2, 0.25) is 34.5 Å². The van der Waals surface area contributed by atoms with Gasteiger partial charge in [0.1, 0.15) is 6.10 Å². The molecule has 26 heteroatoms. The summed E-state index contributed by atoms with van der Waals surface area (Å²) in [5.74, 6) is 8.50. The Morgan fingerprint density at radius 1 is 0.450 bits per heavy atom. The number of aromatic hydroxyl groups is 3. The smallest absolute Gasteiger partial charge is 0.204 e. The molecule has 0 saturated carbocycles. The van der Waals surface area contributed by atoms with Gasteiger partial charge in [-0.05, 0) is 139 Å². The van der Waals surface area contributed by atoms with Crippen molar-refractivity contribution in [3.63, 3.8) is 0 Å². The summed E-state index contributed by atoms with van der Waals surface area (Å²) in [6.07, 6.45) is 3.92. The number of epoxide rings is 1. The van der Waals surface area contributed by atoms with Gasteiger partial charge in [0, 0.05) is 48.2 Å². The highest BCUT2D eigenvalue weighted by atomic mass is 16.6. The van der Waals surface area contributed by atoms with Crippen LogP contribution in [0, 0.1) is 11.3 Å². The number of phenols is 3. The topological polar surface area (TPSA) is 335 Å². The Bertz CT molecular complexity index is 4800. The fraction of sp³-hybridized carbons (Fsp3) is 0.340. The third-order valence-corrected chi connectivity index (χ3v) is 19.8. The van der Waals surface area contributed by atoms with Crippen LogP contribution in [-0.4, -0.2) is 186 Å². The number of nitrogens with two attached hydrogens (primary N) is 1. The van der Waals surface area contributed by atoms with Gasteiger partial charge in [-0.3, -0.25) is 4.79 Å². The zero-order valence-corrected chi connectivity index (χ0v) is 71.2. The number of aldehydes is 1. The van der Waals surface area contributed by atoms with E-state index < -0.39 is 11.9 Å². The van der Waals surface area contributed by atoms with Crippen LogP contribution in [0.15, 0.2) is 182 Å². The SMILES string of the molecule is COc1cc2c(c(OC)c1OC)CCNC[C@H]2c1ccccc1.COc1ccc(C=O)c(OC)c1OC.COc1ccc(CC#N)c(OC)c1OC.COc1ccc(CCN)c(OC)c1OC.COc1ccc(CCNC[C@@H](O)c2ccccc2)c(OC)c1OC.Oc1cc2c(c(O)c1O)CCNC[C@H]2c1ccccc1.c1ccc(C2CO2)cc1. The Morgan fingerprint density at radius 3 is 1.25 bits per heavy atom. The van der Waals surface area contributed by atoms with Crippen molar-refractivity contribution in [3.8, 4) is 110 Å². The van der Waals surface area contributed by atoms with E-state index in [0.29, 0.717) is 124 Å². The van der Waals surface area contributed by atoms with E-state index in [9.17, 15) is 25.2 Å². The van der Waals surface area contributed by atoms with Crippen LogP contribution in [0.3, 0.4) is 0 Å². The first-order valence-corrected chi connectivity index (χ1v) is 38.8. The minimum atomic E-state index is -0.515. The number of rotatable bonds is 28. The van der Waals surface area contributed by atoms with Gasteiger partial charge < -0.3 is 118 Å². The van der Waals surface area contributed by atoms with Crippen LogP contribution in [0.4, 0.5) is 0 Å². The van der Waals surface area contributed by atoms with E-state index in [1.807, 2.05) is 109 Å². The molecular formula is C94H115N5O21. The maximum absolute atomic E-state index is 10.7. The average molecular weight is 1650 g/mol. The summed E-state index contributed by atoms with van der Waals surface area (Å²) in [6.45, 7) is 5.98. The van der Waals surface area contributed by atoms with Crippen LogP contribution in [0.2, 0.25) is 0 Å². The lowest BCUT2D eigenvalue weighted by Gasteiger charge is -2.23. The summed E-state index contributed by atoms with van der Waals surface area (Å²) >= 11 is 0. The van der Waals surface area contributed by atoms with Gasteiger partial charge in [-0.1, -0.05) is 140 Å². The van der Waals surface area contributed by atoms with E-state index in [1.165, 1.54) is 57.8 Å². The normalized spacial score (nSPS) is 13.9. The molecule has 3 aliphatic heterocycles. The largest absolute Gasteiger partial charge is 0.504 e. The Morgan fingerprint density at radius 2 is 0.833 bits per heavy atom. The first-order valence-electron chi connectivity index (χ1n) is 38.8. The summed E-state index contributed by atoms with van der Waals surface area (Å²) in [5, 5.41) is 58.5. The highest BCUT2D eigenvalue weighted by Crippen LogP contribution is 2.48. The molecular weight excluding hydrogens is 1540 g/mol. The Balaban J connectivity index is 0.000000196. The summed E-state index contributed by atoms with van der Waals surface area (Å²) in [4.78, 5) is 10.7. The lowest BCUT2D eigenvalue weighted by atomic mass is 9.87. The van der Waals surface area contributed by atoms with Crippen molar-refractivity contribution in [2.75, 3.05) is 159 Å². The molecule has 10 aromatic rings. The summed E-state index contributed by atoms with van der Waals surface area (Å²) in [5.41, 5.74) is 17.4. The highest BCUT2D eigenvalue weighted by molar-refractivity contribution is 5.82. The van der Waals surface area contributed by atoms with E-state index in [0.717, 1.165) is 97.7 Å². The molecule has 120 heavy (non-hydrogen) atoms. The van der Waals surface area contributed by atoms with E-state index in [2.05, 4.69) is 64.5 Å². The molecule has 1 fully saturated rings. The van der Waals surface area contributed by atoms with Crippen molar-refractivity contribution >= 4 is 6.29 Å². The quantitative estimate of drug-likeness (QED) is 0.00977. The molecule has 9 N–H and O–H groups in total. The van der Waals surface area contributed by atoms with Gasteiger partial charge in [-0.25, -0.2) is 0 Å². The molecule has 3 aliphatic rings. The van der Waals surface area contributed by atoms with Gasteiger partial charge in [0.25, 0.3) is 0 Å². The third-order valence-electron chi connectivity index (χ3n) is 19.8. The first-order chi connectivity index (χ1) is 58.5.